The van der Waals surface area contributed by atoms with Gasteiger partial charge < -0.3 is 19.8 Å². The summed E-state index contributed by atoms with van der Waals surface area (Å²) in [6.07, 6.45) is 0. The molecule has 0 radical (unpaired) electrons. The van der Waals surface area contributed by atoms with Crippen LogP contribution in [0.15, 0.2) is 60.7 Å². The highest BCUT2D eigenvalue weighted by Gasteiger charge is 2.16. The van der Waals surface area contributed by atoms with Crippen LogP contribution in [0.5, 0.6) is 0 Å². The first-order valence-corrected chi connectivity index (χ1v) is 12.9. The van der Waals surface area contributed by atoms with Crippen LogP contribution in [-0.2, 0) is 4.74 Å². The van der Waals surface area contributed by atoms with Gasteiger partial charge in [0.1, 0.15) is 44.3 Å². The minimum atomic E-state index is -1.03. The number of esters is 1. The molecule has 0 atom stereocenters. The van der Waals surface area contributed by atoms with Gasteiger partial charge in [-0.15, -0.1) is 22.7 Å². The van der Waals surface area contributed by atoms with Gasteiger partial charge >= 0.3 is 11.9 Å². The van der Waals surface area contributed by atoms with E-state index in [9.17, 15) is 18.4 Å². The maximum absolute atomic E-state index is 13.7. The number of fused-ring (bicyclic) bond motifs is 2. The fourth-order valence-corrected chi connectivity index (χ4v) is 5.54. The quantitative estimate of drug-likeness (QED) is 0.204. The maximum atomic E-state index is 13.7. The summed E-state index contributed by atoms with van der Waals surface area (Å²) in [5, 5.41) is 9.94. The van der Waals surface area contributed by atoms with Crippen LogP contribution in [0.25, 0.3) is 41.8 Å². The number of benzene rings is 2. The minimum absolute atomic E-state index is 0.0869. The number of nitrogens with zero attached hydrogens (tertiary/aromatic N) is 2. The number of carbonyl (C=O) groups is 2. The molecule has 0 amide bonds. The Hall–Kier alpha value is -4.42. The van der Waals surface area contributed by atoms with Crippen LogP contribution in [0, 0.1) is 11.6 Å². The zero-order valence-corrected chi connectivity index (χ0v) is 21.3. The summed E-state index contributed by atoms with van der Waals surface area (Å²) in [5.74, 6) is -2.10. The van der Waals surface area contributed by atoms with Crippen LogP contribution in [0.3, 0.4) is 0 Å². The molecule has 0 unspecified atom stereocenters. The smallest absolute Gasteiger partial charge is 0.354 e. The van der Waals surface area contributed by atoms with Crippen LogP contribution < -0.4 is 0 Å². The first-order valence-electron chi connectivity index (χ1n) is 11.2. The highest BCUT2D eigenvalue weighted by atomic mass is 32.1. The number of halogens is 2. The first kappa shape index (κ1) is 25.2. The standard InChI is InChI=1S/C14H11FN2O2S.C12H7FN2O2S/c1-2-19-14(18)10-7-11-12(16-10)17-13(20-11)8-5-3-4-6-9(8)15;13-7-4-2-1-3-6(7)11-15-10-9(18-11)5-8(14-10)12(16)17/h3-7,16H,2H2,1H3;1-5,14H,(H,16,17). The van der Waals surface area contributed by atoms with Gasteiger partial charge in [-0.25, -0.2) is 28.3 Å². The number of ether oxygens (including phenoxy) is 1. The summed E-state index contributed by atoms with van der Waals surface area (Å²) < 4.78 is 33.7. The predicted octanol–water partition coefficient (Wildman–Crippen LogP) is 6.74. The van der Waals surface area contributed by atoms with Crippen molar-refractivity contribution in [1.29, 1.82) is 0 Å². The molecule has 0 fully saturated rings. The van der Waals surface area contributed by atoms with Gasteiger partial charge in [-0.3, -0.25) is 0 Å². The lowest BCUT2D eigenvalue weighted by molar-refractivity contribution is 0.0520. The molecule has 0 spiro atoms. The predicted molar refractivity (Wildman–Crippen MR) is 142 cm³/mol. The SMILES string of the molecule is CCOC(=O)c1cc2sc(-c3ccccc3F)nc2[nH]1.O=C(O)c1cc2sc(-c3ccccc3F)nc2[nH]1. The lowest BCUT2D eigenvalue weighted by Crippen LogP contribution is -2.04. The number of nitrogens with one attached hydrogen (secondary N) is 2. The second kappa shape index (κ2) is 10.5. The third-order valence-corrected chi connectivity index (χ3v) is 7.37. The molecule has 6 rings (SSSR count). The summed E-state index contributed by atoms with van der Waals surface area (Å²) in [7, 11) is 0. The maximum Gasteiger partial charge on any atom is 0.354 e. The number of thiazole rings is 2. The van der Waals surface area contributed by atoms with Gasteiger partial charge in [-0.2, -0.15) is 0 Å². The molecule has 6 aromatic rings. The number of aromatic amines is 2. The number of H-pyrrole nitrogens is 2. The molecule has 38 heavy (non-hydrogen) atoms. The molecule has 0 saturated heterocycles. The van der Waals surface area contributed by atoms with Crippen molar-refractivity contribution in [3.05, 3.63) is 83.7 Å². The summed E-state index contributed by atoms with van der Waals surface area (Å²) in [5.41, 5.74) is 2.36. The van der Waals surface area contributed by atoms with E-state index < -0.39 is 11.9 Å². The molecule has 8 nitrogen and oxygen atoms in total. The molecule has 12 heteroatoms. The van der Waals surface area contributed by atoms with Crippen molar-refractivity contribution < 1.29 is 28.2 Å². The summed E-state index contributed by atoms with van der Waals surface area (Å²) in [6.45, 7) is 2.07. The van der Waals surface area contributed by atoms with Crippen LogP contribution >= 0.6 is 22.7 Å². The molecule has 192 valence electrons. The monoisotopic (exact) mass is 552 g/mol. The zero-order valence-electron chi connectivity index (χ0n) is 19.6. The Labute approximate surface area is 221 Å². The summed E-state index contributed by atoms with van der Waals surface area (Å²) in [6, 6.07) is 16.0. The number of carbonyl (C=O) groups excluding carboxylic acids is 1. The van der Waals surface area contributed by atoms with Gasteiger partial charge in [0.05, 0.1) is 16.0 Å². The third-order valence-electron chi connectivity index (χ3n) is 5.30. The number of aromatic nitrogens is 4. The molecular weight excluding hydrogens is 534 g/mol. The molecule has 0 aliphatic heterocycles. The number of carboxylic acids is 1. The van der Waals surface area contributed by atoms with Crippen LogP contribution in [0.4, 0.5) is 8.78 Å². The van der Waals surface area contributed by atoms with Crippen molar-refractivity contribution in [2.45, 2.75) is 6.92 Å². The molecule has 2 aromatic carbocycles. The number of hydrogen-bond donors (Lipinski definition) is 3. The van der Waals surface area contributed by atoms with E-state index in [0.29, 0.717) is 49.4 Å². The Morgan fingerprint density at radius 1 is 0.842 bits per heavy atom. The second-order valence-corrected chi connectivity index (χ2v) is 9.88. The number of hydrogen-bond acceptors (Lipinski definition) is 7. The van der Waals surface area contributed by atoms with Crippen LogP contribution in [0.2, 0.25) is 0 Å². The molecule has 4 heterocycles. The largest absolute Gasteiger partial charge is 0.477 e. The molecule has 4 aromatic heterocycles. The van der Waals surface area contributed by atoms with Crippen molar-refractivity contribution in [3.63, 3.8) is 0 Å². The van der Waals surface area contributed by atoms with E-state index in [1.165, 1.54) is 40.9 Å². The molecular formula is C26H18F2N4O4S2. The van der Waals surface area contributed by atoms with E-state index in [1.54, 1.807) is 49.4 Å². The number of aromatic carboxylic acids is 1. The number of carboxylic acid groups (broad SMARTS) is 1. The Morgan fingerprint density at radius 3 is 1.76 bits per heavy atom. The Kier molecular flexibility index (Phi) is 6.99. The van der Waals surface area contributed by atoms with E-state index in [0.717, 1.165) is 4.70 Å². The van der Waals surface area contributed by atoms with Gasteiger partial charge in [0.2, 0.25) is 0 Å². The average molecular weight is 553 g/mol. The van der Waals surface area contributed by atoms with Gasteiger partial charge in [-0.1, -0.05) is 24.3 Å². The molecule has 0 aliphatic rings. The van der Waals surface area contributed by atoms with Gasteiger partial charge in [0.25, 0.3) is 0 Å². The minimum Gasteiger partial charge on any atom is -0.477 e. The van der Waals surface area contributed by atoms with Crippen molar-refractivity contribution in [2.24, 2.45) is 0 Å². The van der Waals surface area contributed by atoms with E-state index in [-0.39, 0.29) is 17.3 Å². The fraction of sp³-hybridized carbons (Fsp3) is 0.0769. The third kappa shape index (κ3) is 5.04. The fourth-order valence-electron chi connectivity index (χ4n) is 3.56. The van der Waals surface area contributed by atoms with Crippen LogP contribution in [0.1, 0.15) is 27.9 Å². The number of rotatable bonds is 5. The van der Waals surface area contributed by atoms with Crippen LogP contribution in [-0.4, -0.2) is 43.6 Å². The Balaban J connectivity index is 0.000000156. The van der Waals surface area contributed by atoms with Crippen molar-refractivity contribution >= 4 is 55.3 Å². The zero-order chi connectivity index (χ0) is 26.8. The van der Waals surface area contributed by atoms with E-state index in [1.807, 2.05) is 0 Å². The van der Waals surface area contributed by atoms with Crippen molar-refractivity contribution in [2.75, 3.05) is 6.61 Å². The first-order chi connectivity index (χ1) is 18.3. The molecule has 3 N–H and O–H groups in total. The van der Waals surface area contributed by atoms with E-state index >= 15 is 0 Å². The van der Waals surface area contributed by atoms with Gasteiger partial charge in [0.15, 0.2) is 0 Å². The lowest BCUT2D eigenvalue weighted by Gasteiger charge is -1.98. The van der Waals surface area contributed by atoms with Gasteiger partial charge in [0, 0.05) is 11.1 Å². The van der Waals surface area contributed by atoms with Crippen molar-refractivity contribution in [3.8, 4) is 21.1 Å². The normalized spacial score (nSPS) is 10.9. The average Bonchev–Trinajstić information content (AvgIpc) is 3.64. The Bertz CT molecular complexity index is 1720. The molecule has 0 saturated carbocycles. The molecule has 0 bridgehead atoms. The topological polar surface area (TPSA) is 121 Å². The summed E-state index contributed by atoms with van der Waals surface area (Å²) >= 11 is 2.59. The molecule has 0 aliphatic carbocycles. The highest BCUT2D eigenvalue weighted by molar-refractivity contribution is 7.22. The summed E-state index contributed by atoms with van der Waals surface area (Å²) in [4.78, 5) is 36.5. The highest BCUT2D eigenvalue weighted by Crippen LogP contribution is 2.33. The second-order valence-electron chi connectivity index (χ2n) is 7.82. The lowest BCUT2D eigenvalue weighted by atomic mass is 10.2. The van der Waals surface area contributed by atoms with Crippen molar-refractivity contribution in [1.82, 2.24) is 19.9 Å². The van der Waals surface area contributed by atoms with E-state index in [4.69, 9.17) is 9.84 Å². The van der Waals surface area contributed by atoms with Gasteiger partial charge in [-0.05, 0) is 43.3 Å². The van der Waals surface area contributed by atoms with E-state index in [2.05, 4.69) is 19.9 Å². The Morgan fingerprint density at radius 2 is 1.32 bits per heavy atom.